The molecule has 9 heteroatoms. The van der Waals surface area contributed by atoms with Crippen molar-refractivity contribution in [1.82, 2.24) is 4.72 Å². The van der Waals surface area contributed by atoms with Gasteiger partial charge in [0.05, 0.1) is 15.4 Å². The first kappa shape index (κ1) is 20.6. The van der Waals surface area contributed by atoms with Gasteiger partial charge in [-0.05, 0) is 48.5 Å². The molecule has 150 valence electrons. The molecule has 0 aliphatic carbocycles. The van der Waals surface area contributed by atoms with Gasteiger partial charge in [-0.1, -0.05) is 30.3 Å². The van der Waals surface area contributed by atoms with Crippen LogP contribution in [0, 0.1) is 0 Å². The summed E-state index contributed by atoms with van der Waals surface area (Å²) in [6.07, 6.45) is 1.02. The number of nitrogens with one attached hydrogen (secondary N) is 1. The second kappa shape index (κ2) is 8.06. The van der Waals surface area contributed by atoms with Gasteiger partial charge in [0.15, 0.2) is 9.84 Å². The lowest BCUT2D eigenvalue weighted by Crippen LogP contribution is -2.30. The van der Waals surface area contributed by atoms with Crippen LogP contribution in [-0.2, 0) is 19.9 Å². The minimum Gasteiger partial charge on any atom is -0.457 e. The highest BCUT2D eigenvalue weighted by Gasteiger charge is 2.22. The van der Waals surface area contributed by atoms with Gasteiger partial charge in [-0.2, -0.15) is 0 Å². The van der Waals surface area contributed by atoms with Crippen molar-refractivity contribution in [2.24, 2.45) is 0 Å². The summed E-state index contributed by atoms with van der Waals surface area (Å²) in [5, 5.41) is 0. The van der Waals surface area contributed by atoms with Crippen LogP contribution in [0.15, 0.2) is 88.7 Å². The second-order valence-corrected chi connectivity index (χ2v) is 9.79. The third kappa shape index (κ3) is 5.01. The van der Waals surface area contributed by atoms with E-state index in [2.05, 4.69) is 0 Å². The first-order valence-electron chi connectivity index (χ1n) is 8.36. The predicted octanol–water partition coefficient (Wildman–Crippen LogP) is 3.00. The minimum absolute atomic E-state index is 0.0237. The number of rotatable bonds is 6. The molecule has 0 aliphatic rings. The molecule has 0 bridgehead atoms. The Balaban J connectivity index is 1.84. The van der Waals surface area contributed by atoms with Crippen LogP contribution in [0.3, 0.4) is 0 Å². The average Bonchev–Trinajstić information content (AvgIpc) is 2.68. The molecule has 0 unspecified atom stereocenters. The highest BCUT2D eigenvalue weighted by atomic mass is 32.2. The number of amides is 1. The van der Waals surface area contributed by atoms with E-state index in [9.17, 15) is 21.6 Å². The molecular formula is C20H17NO6S2. The van der Waals surface area contributed by atoms with E-state index in [4.69, 9.17) is 4.74 Å². The van der Waals surface area contributed by atoms with E-state index in [0.29, 0.717) is 5.75 Å². The standard InChI is InChI=1S/C20H17NO6S2/c1-28(23,24)16-11-13-17(14-12-16)29(25,26)21-20(22)18-9-5-6-10-19(18)27-15-7-3-2-4-8-15/h2-14H,1H3,(H,21,22). The Morgan fingerprint density at radius 1 is 0.759 bits per heavy atom. The zero-order valence-corrected chi connectivity index (χ0v) is 16.9. The SMILES string of the molecule is CS(=O)(=O)c1ccc(S(=O)(=O)NC(=O)c2ccccc2Oc2ccccc2)cc1. The van der Waals surface area contributed by atoms with Crippen molar-refractivity contribution in [3.8, 4) is 11.5 Å². The van der Waals surface area contributed by atoms with Gasteiger partial charge in [0.25, 0.3) is 15.9 Å². The third-order valence-corrected chi connectivity index (χ3v) is 6.37. The molecular weight excluding hydrogens is 414 g/mol. The van der Waals surface area contributed by atoms with Crippen LogP contribution in [0.25, 0.3) is 0 Å². The van der Waals surface area contributed by atoms with Crippen LogP contribution in [0.5, 0.6) is 11.5 Å². The Bertz CT molecular complexity index is 1240. The van der Waals surface area contributed by atoms with Crippen LogP contribution >= 0.6 is 0 Å². The summed E-state index contributed by atoms with van der Waals surface area (Å²) >= 11 is 0. The Labute approximate surface area is 168 Å². The van der Waals surface area contributed by atoms with Crippen molar-refractivity contribution in [3.63, 3.8) is 0 Å². The smallest absolute Gasteiger partial charge is 0.268 e. The summed E-state index contributed by atoms with van der Waals surface area (Å²) in [5.41, 5.74) is 0.0349. The lowest BCUT2D eigenvalue weighted by Gasteiger charge is -2.12. The van der Waals surface area contributed by atoms with Crippen molar-refractivity contribution in [1.29, 1.82) is 0 Å². The van der Waals surface area contributed by atoms with Crippen LogP contribution in [0.1, 0.15) is 10.4 Å². The second-order valence-electron chi connectivity index (χ2n) is 6.09. The Kier molecular flexibility index (Phi) is 5.71. The molecule has 0 aliphatic heterocycles. The van der Waals surface area contributed by atoms with E-state index in [1.807, 2.05) is 10.8 Å². The van der Waals surface area contributed by atoms with E-state index in [1.54, 1.807) is 42.5 Å². The van der Waals surface area contributed by atoms with Crippen molar-refractivity contribution in [2.75, 3.05) is 6.26 Å². The number of sulfonamides is 1. The molecule has 0 saturated heterocycles. The zero-order chi connectivity index (χ0) is 21.1. The molecule has 3 aromatic rings. The van der Waals surface area contributed by atoms with E-state index < -0.39 is 25.8 Å². The summed E-state index contributed by atoms with van der Waals surface area (Å²) in [6.45, 7) is 0. The maximum absolute atomic E-state index is 12.6. The zero-order valence-electron chi connectivity index (χ0n) is 15.3. The number of hydrogen-bond acceptors (Lipinski definition) is 6. The van der Waals surface area contributed by atoms with Gasteiger partial charge in [0, 0.05) is 6.26 Å². The van der Waals surface area contributed by atoms with Crippen molar-refractivity contribution >= 4 is 25.8 Å². The highest BCUT2D eigenvalue weighted by molar-refractivity contribution is 7.91. The van der Waals surface area contributed by atoms with E-state index in [0.717, 1.165) is 18.4 Å². The molecule has 3 rings (SSSR count). The normalized spacial score (nSPS) is 11.6. The molecule has 29 heavy (non-hydrogen) atoms. The van der Waals surface area contributed by atoms with Gasteiger partial charge >= 0.3 is 0 Å². The van der Waals surface area contributed by atoms with E-state index in [-0.39, 0.29) is 21.1 Å². The number of ether oxygens (including phenoxy) is 1. The minimum atomic E-state index is -4.21. The summed E-state index contributed by atoms with van der Waals surface area (Å²) in [6, 6.07) is 19.6. The lowest BCUT2D eigenvalue weighted by atomic mass is 10.2. The molecule has 0 saturated carbocycles. The Morgan fingerprint density at radius 3 is 1.93 bits per heavy atom. The highest BCUT2D eigenvalue weighted by Crippen LogP contribution is 2.25. The van der Waals surface area contributed by atoms with Gasteiger partial charge < -0.3 is 4.74 Å². The number of carbonyl (C=O) groups is 1. The van der Waals surface area contributed by atoms with Gasteiger partial charge in [0.2, 0.25) is 0 Å². The van der Waals surface area contributed by atoms with Crippen molar-refractivity contribution in [3.05, 3.63) is 84.4 Å². The van der Waals surface area contributed by atoms with Gasteiger partial charge in [-0.3, -0.25) is 4.79 Å². The van der Waals surface area contributed by atoms with Crippen LogP contribution in [-0.4, -0.2) is 29.0 Å². The monoisotopic (exact) mass is 431 g/mol. The fourth-order valence-corrected chi connectivity index (χ4v) is 4.06. The lowest BCUT2D eigenvalue weighted by molar-refractivity contribution is 0.0979. The largest absolute Gasteiger partial charge is 0.457 e. The quantitative estimate of drug-likeness (QED) is 0.643. The predicted molar refractivity (Wildman–Crippen MR) is 107 cm³/mol. The number of hydrogen-bond donors (Lipinski definition) is 1. The Hall–Kier alpha value is -3.17. The molecule has 0 aromatic heterocycles. The number of benzene rings is 3. The van der Waals surface area contributed by atoms with Gasteiger partial charge in [-0.15, -0.1) is 0 Å². The summed E-state index contributed by atoms with van der Waals surface area (Å²) < 4.78 is 55.7. The van der Waals surface area contributed by atoms with Crippen molar-refractivity contribution in [2.45, 2.75) is 9.79 Å². The fourth-order valence-electron chi connectivity index (χ4n) is 2.46. The first-order chi connectivity index (χ1) is 13.7. The summed E-state index contributed by atoms with van der Waals surface area (Å²) in [4.78, 5) is 12.3. The van der Waals surface area contributed by atoms with Crippen LogP contribution < -0.4 is 9.46 Å². The maximum atomic E-state index is 12.6. The molecule has 0 fully saturated rings. The molecule has 1 N–H and O–H groups in total. The van der Waals surface area contributed by atoms with Crippen LogP contribution in [0.2, 0.25) is 0 Å². The summed E-state index contributed by atoms with van der Waals surface area (Å²) in [5.74, 6) is -0.186. The molecule has 7 nitrogen and oxygen atoms in total. The molecule has 0 spiro atoms. The molecule has 3 aromatic carbocycles. The number of carbonyl (C=O) groups excluding carboxylic acids is 1. The maximum Gasteiger partial charge on any atom is 0.268 e. The van der Waals surface area contributed by atoms with Crippen LogP contribution in [0.4, 0.5) is 0 Å². The third-order valence-electron chi connectivity index (χ3n) is 3.89. The van der Waals surface area contributed by atoms with E-state index in [1.165, 1.54) is 18.2 Å². The first-order valence-corrected chi connectivity index (χ1v) is 11.7. The van der Waals surface area contributed by atoms with Gasteiger partial charge in [-0.25, -0.2) is 21.6 Å². The fraction of sp³-hybridized carbons (Fsp3) is 0.0500. The topological polar surface area (TPSA) is 107 Å². The average molecular weight is 431 g/mol. The number of sulfone groups is 1. The van der Waals surface area contributed by atoms with Crippen molar-refractivity contribution < 1.29 is 26.4 Å². The molecule has 0 atom stereocenters. The molecule has 0 radical (unpaired) electrons. The number of para-hydroxylation sites is 2. The summed E-state index contributed by atoms with van der Waals surface area (Å²) in [7, 11) is -7.67. The molecule has 0 heterocycles. The van der Waals surface area contributed by atoms with Gasteiger partial charge in [0.1, 0.15) is 11.5 Å². The van der Waals surface area contributed by atoms with E-state index >= 15 is 0 Å². The Morgan fingerprint density at radius 2 is 1.31 bits per heavy atom. The molecule has 1 amide bonds.